The van der Waals surface area contributed by atoms with E-state index in [0.29, 0.717) is 6.04 Å². The molecule has 0 saturated heterocycles. The Morgan fingerprint density at radius 2 is 1.93 bits per heavy atom. The van der Waals surface area contributed by atoms with Crippen LogP contribution in [-0.2, 0) is 19.3 Å². The minimum atomic E-state index is 0. The summed E-state index contributed by atoms with van der Waals surface area (Å²) in [6.07, 6.45) is 5.57. The van der Waals surface area contributed by atoms with Crippen LogP contribution in [0.5, 0.6) is 0 Å². The van der Waals surface area contributed by atoms with Gasteiger partial charge in [-0.3, -0.25) is 4.99 Å². The smallest absolute Gasteiger partial charge is 0.156 e. The quantitative estimate of drug-likeness (QED) is 0.650. The standard InChI is InChI=1S/C21H26N4S.2ClH/c1-2-6-16(7-3-1)14-19-15-23-21(25-19)26-13-5-9-18-11-10-17-8-4-12-22-20(17)24-18;;/h1-3,6-7,10-11,19H,4-5,8-9,12-15H2,(H,22,24)(H,23,25);2*1H. The van der Waals surface area contributed by atoms with Gasteiger partial charge in [0.15, 0.2) is 5.17 Å². The molecule has 1 unspecified atom stereocenters. The number of hydrogen-bond donors (Lipinski definition) is 2. The van der Waals surface area contributed by atoms with E-state index >= 15 is 0 Å². The number of rotatable bonds is 6. The van der Waals surface area contributed by atoms with Crippen LogP contribution in [0.15, 0.2) is 47.5 Å². The van der Waals surface area contributed by atoms with Crippen molar-refractivity contribution < 1.29 is 0 Å². The van der Waals surface area contributed by atoms with Gasteiger partial charge in [-0.25, -0.2) is 4.98 Å². The van der Waals surface area contributed by atoms with Crippen LogP contribution >= 0.6 is 36.6 Å². The Morgan fingerprint density at radius 3 is 2.79 bits per heavy atom. The number of anilines is 1. The Kier molecular flexibility index (Phi) is 9.42. The van der Waals surface area contributed by atoms with Crippen LogP contribution in [0.1, 0.15) is 29.7 Å². The normalized spacial score (nSPS) is 17.3. The second kappa shape index (κ2) is 11.5. The van der Waals surface area contributed by atoms with Gasteiger partial charge in [-0.1, -0.05) is 48.2 Å². The Hall–Kier alpha value is -1.43. The maximum absolute atomic E-state index is 4.78. The van der Waals surface area contributed by atoms with E-state index in [9.17, 15) is 0 Å². The van der Waals surface area contributed by atoms with Crippen LogP contribution in [0.25, 0.3) is 0 Å². The van der Waals surface area contributed by atoms with Crippen LogP contribution in [0.2, 0.25) is 0 Å². The zero-order valence-corrected chi connectivity index (χ0v) is 18.3. The zero-order chi connectivity index (χ0) is 17.6. The number of benzene rings is 1. The highest BCUT2D eigenvalue weighted by Gasteiger charge is 2.17. The van der Waals surface area contributed by atoms with Crippen molar-refractivity contribution in [1.29, 1.82) is 0 Å². The fraction of sp³-hybridized carbons (Fsp3) is 0.429. The summed E-state index contributed by atoms with van der Waals surface area (Å²) in [5.41, 5.74) is 3.93. The van der Waals surface area contributed by atoms with Crippen molar-refractivity contribution in [1.82, 2.24) is 10.3 Å². The summed E-state index contributed by atoms with van der Waals surface area (Å²) in [6.45, 7) is 1.93. The third kappa shape index (κ3) is 6.29. The van der Waals surface area contributed by atoms with Gasteiger partial charge in [-0.05, 0) is 49.3 Å². The molecular weight excluding hydrogens is 411 g/mol. The molecule has 1 aromatic carbocycles. The molecule has 2 aliphatic rings. The summed E-state index contributed by atoms with van der Waals surface area (Å²) in [7, 11) is 0. The molecule has 0 aliphatic carbocycles. The fourth-order valence-electron chi connectivity index (χ4n) is 3.49. The zero-order valence-electron chi connectivity index (χ0n) is 15.9. The van der Waals surface area contributed by atoms with E-state index in [4.69, 9.17) is 4.98 Å². The van der Waals surface area contributed by atoms with Gasteiger partial charge in [0, 0.05) is 18.0 Å². The molecule has 4 nitrogen and oxygen atoms in total. The molecule has 152 valence electrons. The maximum atomic E-state index is 4.78. The second-order valence-electron chi connectivity index (χ2n) is 6.97. The number of aryl methyl sites for hydroxylation is 2. The van der Waals surface area contributed by atoms with E-state index in [1.54, 1.807) is 0 Å². The summed E-state index contributed by atoms with van der Waals surface area (Å²) < 4.78 is 0. The first-order chi connectivity index (χ1) is 12.9. The molecule has 7 heteroatoms. The first kappa shape index (κ1) is 22.9. The lowest BCUT2D eigenvalue weighted by Crippen LogP contribution is -2.30. The summed E-state index contributed by atoms with van der Waals surface area (Å²) in [5.74, 6) is 2.18. The molecule has 3 heterocycles. The first-order valence-electron chi connectivity index (χ1n) is 9.57. The minimum absolute atomic E-state index is 0. The highest BCUT2D eigenvalue weighted by atomic mass is 35.5. The highest BCUT2D eigenvalue weighted by molar-refractivity contribution is 8.13. The molecule has 4 rings (SSSR count). The Balaban J connectivity index is 0.00000140. The number of fused-ring (bicyclic) bond motifs is 1. The molecule has 0 saturated carbocycles. The van der Waals surface area contributed by atoms with Gasteiger partial charge >= 0.3 is 0 Å². The number of nitrogens with zero attached hydrogens (tertiary/aromatic N) is 2. The Labute approximate surface area is 184 Å². The third-order valence-corrected chi connectivity index (χ3v) is 5.89. The highest BCUT2D eigenvalue weighted by Crippen LogP contribution is 2.20. The van der Waals surface area contributed by atoms with Crippen molar-refractivity contribution in [3.8, 4) is 0 Å². The molecule has 2 aromatic rings. The van der Waals surface area contributed by atoms with Crippen molar-refractivity contribution in [3.63, 3.8) is 0 Å². The first-order valence-corrected chi connectivity index (χ1v) is 10.6. The fourth-order valence-corrected chi connectivity index (χ4v) is 4.39. The number of thioether (sulfide) groups is 1. The van der Waals surface area contributed by atoms with Gasteiger partial charge < -0.3 is 10.6 Å². The number of aliphatic imine (C=N–C) groups is 1. The van der Waals surface area contributed by atoms with E-state index in [1.807, 2.05) is 11.8 Å². The van der Waals surface area contributed by atoms with Gasteiger partial charge in [-0.15, -0.1) is 24.8 Å². The lowest BCUT2D eigenvalue weighted by Gasteiger charge is -2.17. The van der Waals surface area contributed by atoms with Crippen molar-refractivity contribution >= 4 is 47.6 Å². The van der Waals surface area contributed by atoms with E-state index in [1.165, 1.54) is 23.2 Å². The molecule has 2 aliphatic heterocycles. The van der Waals surface area contributed by atoms with Gasteiger partial charge in [0.1, 0.15) is 5.82 Å². The molecule has 1 aromatic heterocycles. The van der Waals surface area contributed by atoms with E-state index in [2.05, 4.69) is 58.1 Å². The largest absolute Gasteiger partial charge is 0.370 e. The van der Waals surface area contributed by atoms with Crippen LogP contribution in [0, 0.1) is 0 Å². The predicted octanol–water partition coefficient (Wildman–Crippen LogP) is 4.52. The molecule has 0 bridgehead atoms. The van der Waals surface area contributed by atoms with Gasteiger partial charge in [0.2, 0.25) is 0 Å². The lowest BCUT2D eigenvalue weighted by atomic mass is 10.1. The summed E-state index contributed by atoms with van der Waals surface area (Å²) in [5, 5.41) is 8.09. The lowest BCUT2D eigenvalue weighted by molar-refractivity contribution is 0.656. The van der Waals surface area contributed by atoms with Crippen LogP contribution in [0.4, 0.5) is 5.82 Å². The van der Waals surface area contributed by atoms with Gasteiger partial charge in [0.05, 0.1) is 12.6 Å². The Morgan fingerprint density at radius 1 is 1.07 bits per heavy atom. The number of aromatic nitrogens is 1. The monoisotopic (exact) mass is 438 g/mol. The van der Waals surface area contributed by atoms with Gasteiger partial charge in [-0.2, -0.15) is 0 Å². The summed E-state index contributed by atoms with van der Waals surface area (Å²) >= 11 is 1.84. The SMILES string of the molecule is Cl.Cl.c1ccc(CC2CN=C(SCCCc3ccc4c(n3)NCCC4)N2)cc1. The molecular formula is C21H28Cl2N4S. The molecule has 0 amide bonds. The molecule has 0 fully saturated rings. The number of amidine groups is 1. The minimum Gasteiger partial charge on any atom is -0.370 e. The van der Waals surface area contributed by atoms with Crippen LogP contribution < -0.4 is 10.6 Å². The van der Waals surface area contributed by atoms with Gasteiger partial charge in [0.25, 0.3) is 0 Å². The van der Waals surface area contributed by atoms with Crippen molar-refractivity contribution in [2.75, 3.05) is 24.2 Å². The van der Waals surface area contributed by atoms with E-state index in [-0.39, 0.29) is 24.8 Å². The molecule has 1 atom stereocenters. The summed E-state index contributed by atoms with van der Waals surface area (Å²) in [4.78, 5) is 9.43. The third-order valence-electron chi connectivity index (χ3n) is 4.88. The average molecular weight is 439 g/mol. The maximum Gasteiger partial charge on any atom is 0.156 e. The number of pyridine rings is 1. The summed E-state index contributed by atoms with van der Waals surface area (Å²) in [6, 6.07) is 15.5. The van der Waals surface area contributed by atoms with Crippen molar-refractivity contribution in [3.05, 3.63) is 59.3 Å². The van der Waals surface area contributed by atoms with E-state index in [0.717, 1.165) is 55.5 Å². The second-order valence-corrected chi connectivity index (χ2v) is 8.05. The topological polar surface area (TPSA) is 49.3 Å². The number of hydrogen-bond acceptors (Lipinski definition) is 5. The van der Waals surface area contributed by atoms with Crippen molar-refractivity contribution in [2.24, 2.45) is 4.99 Å². The van der Waals surface area contributed by atoms with Crippen LogP contribution in [-0.4, -0.2) is 35.0 Å². The van der Waals surface area contributed by atoms with Crippen LogP contribution in [0.3, 0.4) is 0 Å². The van der Waals surface area contributed by atoms with Crippen molar-refractivity contribution in [2.45, 2.75) is 38.1 Å². The molecule has 28 heavy (non-hydrogen) atoms. The average Bonchev–Trinajstić information content (AvgIpc) is 3.13. The predicted molar refractivity (Wildman–Crippen MR) is 126 cm³/mol. The Bertz CT molecular complexity index is 770. The molecule has 2 N–H and O–H groups in total. The number of halogens is 2. The molecule has 0 spiro atoms. The molecule has 0 radical (unpaired) electrons. The van der Waals surface area contributed by atoms with E-state index < -0.39 is 0 Å². The number of nitrogens with one attached hydrogen (secondary N) is 2.